The highest BCUT2D eigenvalue weighted by molar-refractivity contribution is 6.30. The van der Waals surface area contributed by atoms with Crippen LogP contribution in [-0.2, 0) is 24.2 Å². The lowest BCUT2D eigenvalue weighted by molar-refractivity contribution is -0.274. The third-order valence-electron chi connectivity index (χ3n) is 5.31. The average molecular weight is 537 g/mol. The molecule has 1 aromatic heterocycles. The lowest BCUT2D eigenvalue weighted by Gasteiger charge is -2.19. The summed E-state index contributed by atoms with van der Waals surface area (Å²) >= 11 is 6.15. The smallest absolute Gasteiger partial charge is 0.456 e. The van der Waals surface area contributed by atoms with Crippen molar-refractivity contribution < 1.29 is 27.4 Å². The minimum atomic E-state index is -4.79. The topological polar surface area (TPSA) is 69.6 Å². The molecule has 10 heteroatoms. The molecule has 2 aromatic carbocycles. The maximum Gasteiger partial charge on any atom is 0.573 e. The van der Waals surface area contributed by atoms with Gasteiger partial charge < -0.3 is 19.4 Å². The van der Waals surface area contributed by atoms with Crippen LogP contribution in [0.25, 0.3) is 0 Å². The van der Waals surface area contributed by atoms with Crippen LogP contribution in [0.15, 0.2) is 59.4 Å². The number of aromatic nitrogens is 1. The fraction of sp³-hybridized carbons (Fsp3) is 0.333. The lowest BCUT2D eigenvalue weighted by atomic mass is 10.1. The predicted octanol–water partition coefficient (Wildman–Crippen LogP) is 6.52. The van der Waals surface area contributed by atoms with Gasteiger partial charge in [-0.15, -0.1) is 13.2 Å². The van der Waals surface area contributed by atoms with Gasteiger partial charge in [0.1, 0.15) is 16.4 Å². The molecular formula is C27H28ClF3N2O4. The first-order valence-corrected chi connectivity index (χ1v) is 11.9. The van der Waals surface area contributed by atoms with Crippen molar-refractivity contribution in [2.75, 3.05) is 5.32 Å². The van der Waals surface area contributed by atoms with Gasteiger partial charge in [-0.05, 0) is 75.6 Å². The van der Waals surface area contributed by atoms with Crippen LogP contribution in [0.3, 0.4) is 0 Å². The summed E-state index contributed by atoms with van der Waals surface area (Å²) in [4.78, 5) is 25.1. The molecule has 0 aliphatic heterocycles. The molecule has 0 aliphatic carbocycles. The van der Waals surface area contributed by atoms with Crippen LogP contribution >= 0.6 is 11.6 Å². The molecule has 0 fully saturated rings. The Hall–Kier alpha value is -3.46. The molecule has 3 rings (SSSR count). The number of aryl methyl sites for hydroxylation is 2. The van der Waals surface area contributed by atoms with Crippen molar-refractivity contribution in [1.29, 1.82) is 0 Å². The highest BCUT2D eigenvalue weighted by Crippen LogP contribution is 2.25. The number of esters is 1. The van der Waals surface area contributed by atoms with Crippen molar-refractivity contribution in [3.63, 3.8) is 0 Å². The van der Waals surface area contributed by atoms with Crippen LogP contribution in [0.5, 0.6) is 5.75 Å². The van der Waals surface area contributed by atoms with Gasteiger partial charge in [0.25, 0.3) is 5.56 Å². The average Bonchev–Trinajstić information content (AvgIpc) is 2.78. The number of anilines is 1. The highest BCUT2D eigenvalue weighted by Gasteiger charge is 2.31. The number of hydrogen-bond acceptors (Lipinski definition) is 5. The summed E-state index contributed by atoms with van der Waals surface area (Å²) in [6, 6.07) is 14.0. The molecule has 6 nitrogen and oxygen atoms in total. The van der Waals surface area contributed by atoms with Gasteiger partial charge in [0.05, 0.1) is 12.1 Å². The molecule has 1 heterocycles. The first-order valence-electron chi connectivity index (χ1n) is 11.5. The maximum atomic E-state index is 12.9. The first kappa shape index (κ1) is 28.1. The lowest BCUT2D eigenvalue weighted by Crippen LogP contribution is -2.27. The predicted molar refractivity (Wildman–Crippen MR) is 136 cm³/mol. The number of nitrogens with zero attached hydrogens (tertiary/aromatic N) is 1. The van der Waals surface area contributed by atoms with Gasteiger partial charge in [0.2, 0.25) is 0 Å². The summed E-state index contributed by atoms with van der Waals surface area (Å²) < 4.78 is 48.5. The molecule has 0 unspecified atom stereocenters. The number of carbonyl (C=O) groups is 1. The Morgan fingerprint density at radius 3 is 2.35 bits per heavy atom. The van der Waals surface area contributed by atoms with Crippen LogP contribution in [0.1, 0.15) is 48.0 Å². The number of alkyl halides is 3. The number of hydrogen-bond donors (Lipinski definition) is 1. The van der Waals surface area contributed by atoms with Crippen LogP contribution in [0.4, 0.5) is 18.9 Å². The fourth-order valence-corrected chi connectivity index (χ4v) is 3.91. The van der Waals surface area contributed by atoms with Gasteiger partial charge in [-0.25, -0.2) is 4.79 Å². The zero-order chi connectivity index (χ0) is 27.4. The van der Waals surface area contributed by atoms with Crippen LogP contribution < -0.4 is 15.6 Å². The maximum absolute atomic E-state index is 12.9. The van der Waals surface area contributed by atoms with Crippen molar-refractivity contribution in [3.8, 4) is 5.75 Å². The van der Waals surface area contributed by atoms with Crippen LogP contribution in [0, 0.1) is 6.92 Å². The molecule has 0 bridgehead atoms. The Morgan fingerprint density at radius 2 is 1.73 bits per heavy atom. The number of carbonyl (C=O) groups excluding carboxylic acids is 1. The SMILES string of the molecule is Cc1cc(Cl)c(=O)n(CCc2ccc(C(=O)OC(C)(C)C)cc2)c1CNc1cccc(OC(F)(F)F)c1. The van der Waals surface area contributed by atoms with E-state index in [1.54, 1.807) is 68.7 Å². The number of benzene rings is 2. The second-order valence-electron chi connectivity index (χ2n) is 9.46. The van der Waals surface area contributed by atoms with E-state index in [0.717, 1.165) is 11.1 Å². The largest absolute Gasteiger partial charge is 0.573 e. The van der Waals surface area contributed by atoms with Crippen molar-refractivity contribution in [1.82, 2.24) is 4.57 Å². The van der Waals surface area contributed by atoms with Gasteiger partial charge in [-0.1, -0.05) is 29.8 Å². The Morgan fingerprint density at radius 1 is 1.05 bits per heavy atom. The summed E-state index contributed by atoms with van der Waals surface area (Å²) in [5, 5.41) is 3.12. The number of ether oxygens (including phenoxy) is 2. The molecule has 0 spiro atoms. The monoisotopic (exact) mass is 536 g/mol. The molecule has 0 saturated heterocycles. The van der Waals surface area contributed by atoms with Gasteiger partial charge >= 0.3 is 12.3 Å². The van der Waals surface area contributed by atoms with Gasteiger partial charge in [0.15, 0.2) is 0 Å². The molecular weight excluding hydrogens is 509 g/mol. The third-order valence-corrected chi connectivity index (χ3v) is 5.58. The first-order chi connectivity index (χ1) is 17.2. The minimum absolute atomic E-state index is 0.0714. The van der Waals surface area contributed by atoms with Gasteiger partial charge in [0, 0.05) is 24.0 Å². The van der Waals surface area contributed by atoms with E-state index in [2.05, 4.69) is 10.1 Å². The second kappa shape index (κ2) is 11.3. The number of halogens is 4. The molecule has 3 aromatic rings. The second-order valence-corrected chi connectivity index (χ2v) is 9.86. The summed E-state index contributed by atoms with van der Waals surface area (Å²) in [6.07, 6.45) is -4.31. The van der Waals surface area contributed by atoms with E-state index in [1.807, 2.05) is 0 Å². The van der Waals surface area contributed by atoms with Crippen LogP contribution in [-0.4, -0.2) is 22.5 Å². The van der Waals surface area contributed by atoms with Crippen LogP contribution in [0.2, 0.25) is 5.02 Å². The molecule has 1 N–H and O–H groups in total. The van der Waals surface area contributed by atoms with E-state index in [9.17, 15) is 22.8 Å². The van der Waals surface area contributed by atoms with Crippen molar-refractivity contribution in [3.05, 3.63) is 92.4 Å². The Kier molecular flexibility index (Phi) is 8.58. The Labute approximate surface area is 218 Å². The summed E-state index contributed by atoms with van der Waals surface area (Å²) in [7, 11) is 0. The molecule has 0 saturated carbocycles. The zero-order valence-corrected chi connectivity index (χ0v) is 21.7. The summed E-state index contributed by atoms with van der Waals surface area (Å²) in [6.45, 7) is 7.67. The number of pyridine rings is 1. The van der Waals surface area contributed by atoms with Crippen molar-refractivity contribution in [2.24, 2.45) is 0 Å². The summed E-state index contributed by atoms with van der Waals surface area (Å²) in [5.41, 5.74) is 2.14. The van der Waals surface area contributed by atoms with E-state index >= 15 is 0 Å². The Bertz CT molecular complexity index is 1310. The highest BCUT2D eigenvalue weighted by atomic mass is 35.5. The van der Waals surface area contributed by atoms with E-state index in [-0.39, 0.29) is 22.9 Å². The van der Waals surface area contributed by atoms with Crippen molar-refractivity contribution in [2.45, 2.75) is 59.2 Å². The Balaban J connectivity index is 1.75. The normalized spacial score (nSPS) is 11.8. The van der Waals surface area contributed by atoms with Gasteiger partial charge in [-0.2, -0.15) is 0 Å². The molecule has 198 valence electrons. The molecule has 0 aliphatic rings. The third kappa shape index (κ3) is 8.28. The van der Waals surface area contributed by atoms with Gasteiger partial charge in [-0.3, -0.25) is 4.79 Å². The van der Waals surface area contributed by atoms with Crippen molar-refractivity contribution >= 4 is 23.3 Å². The zero-order valence-electron chi connectivity index (χ0n) is 20.9. The molecule has 0 radical (unpaired) electrons. The number of nitrogens with one attached hydrogen (secondary N) is 1. The number of rotatable bonds is 8. The van der Waals surface area contributed by atoms with E-state index in [1.165, 1.54) is 18.2 Å². The molecule has 37 heavy (non-hydrogen) atoms. The standard InChI is InChI=1S/C27H28ClF3N2O4/c1-17-14-22(28)24(34)33(13-12-18-8-10-19(11-9-18)25(35)37-26(2,3)4)23(17)16-32-20-6-5-7-21(15-20)36-27(29,30)31/h5-11,14-15,32H,12-13,16H2,1-4H3. The van der Waals surface area contributed by atoms with E-state index in [4.69, 9.17) is 16.3 Å². The summed E-state index contributed by atoms with van der Waals surface area (Å²) in [5.74, 6) is -0.767. The molecule has 0 amide bonds. The van der Waals surface area contributed by atoms with E-state index in [0.29, 0.717) is 29.9 Å². The fourth-order valence-electron chi connectivity index (χ4n) is 3.65. The molecule has 0 atom stereocenters. The minimum Gasteiger partial charge on any atom is -0.456 e. The quantitative estimate of drug-likeness (QED) is 0.332. The van der Waals surface area contributed by atoms with E-state index < -0.39 is 17.9 Å².